The number of aliphatic hydroxyl groups excluding tert-OH is 3. The molecule has 4 atom stereocenters. The average molecular weight is 1170 g/mol. The SMILES string of the molecule is O=C(CCC(O)CN1CCc2ccccc2C1)COc1cncc(CN2CCOCC2)c1.O=C(COC1CCOC1)NCC(O)CN1CCc2ccccc2C1.O=C(COc1cccc2cncnc12)NCC(O)CN1CCc2ccccc2C1. The molecule has 2 saturated heterocycles. The maximum absolute atomic E-state index is 12.3. The van der Waals surface area contributed by atoms with Crippen molar-refractivity contribution in [2.75, 3.05) is 112 Å². The number of aromatic nitrogens is 3. The molecule has 0 saturated carbocycles. The zero-order valence-electron chi connectivity index (χ0n) is 48.7. The van der Waals surface area contributed by atoms with Crippen molar-refractivity contribution in [2.24, 2.45) is 0 Å². The number of para-hydroxylation sites is 1. The third-order valence-electron chi connectivity index (χ3n) is 15.7. The van der Waals surface area contributed by atoms with Crippen molar-refractivity contribution in [3.05, 3.63) is 161 Å². The first-order chi connectivity index (χ1) is 41.5. The van der Waals surface area contributed by atoms with E-state index in [-0.39, 0.29) is 56.6 Å². The Balaban J connectivity index is 0.000000154. The Kier molecular flexibility index (Phi) is 24.5. The monoisotopic (exact) mass is 1170 g/mol. The lowest BCUT2D eigenvalue weighted by Crippen LogP contribution is -2.42. The van der Waals surface area contributed by atoms with E-state index in [0.717, 1.165) is 109 Å². The van der Waals surface area contributed by atoms with Gasteiger partial charge in [-0.05, 0) is 83.2 Å². The molecule has 2 amide bonds. The number of hydrogen-bond donors (Lipinski definition) is 5. The molecule has 4 unspecified atom stereocenters. The van der Waals surface area contributed by atoms with E-state index in [4.69, 9.17) is 23.7 Å². The first kappa shape index (κ1) is 62.7. The maximum Gasteiger partial charge on any atom is 0.258 e. The van der Waals surface area contributed by atoms with Gasteiger partial charge in [-0.25, -0.2) is 9.97 Å². The molecule has 0 radical (unpaired) electrons. The number of Topliss-reactive ketones (excluding diaryl/α,β-unsaturated/α-hetero) is 1. The number of amides is 2. The number of benzene rings is 4. The minimum absolute atomic E-state index is 0.00645. The summed E-state index contributed by atoms with van der Waals surface area (Å²) in [5.74, 6) is 0.667. The summed E-state index contributed by atoms with van der Waals surface area (Å²) in [5, 5.41) is 37.2. The number of β-amino-alcohol motifs (C(OH)–C–C–N with tert-alkyl or cyclic N) is 3. The summed E-state index contributed by atoms with van der Waals surface area (Å²) >= 11 is 0. The van der Waals surface area contributed by atoms with Crippen LogP contribution in [0.25, 0.3) is 10.9 Å². The highest BCUT2D eigenvalue weighted by Crippen LogP contribution is 2.24. The zero-order valence-corrected chi connectivity index (χ0v) is 48.7. The number of ketones is 1. The van der Waals surface area contributed by atoms with Gasteiger partial charge in [0, 0.05) is 122 Å². The second-order valence-corrected chi connectivity index (χ2v) is 22.4. The molecule has 2 aromatic heterocycles. The molecule has 4 aromatic carbocycles. The molecule has 0 bridgehead atoms. The summed E-state index contributed by atoms with van der Waals surface area (Å²) in [6.45, 7) is 12.8. The summed E-state index contributed by atoms with van der Waals surface area (Å²) in [6, 6.07) is 32.7. The molecule has 7 heterocycles. The number of aliphatic hydroxyl groups is 3. The third-order valence-corrected chi connectivity index (χ3v) is 15.7. The second-order valence-electron chi connectivity index (χ2n) is 22.4. The number of morpholine rings is 1. The number of fused-ring (bicyclic) bond motifs is 4. The predicted octanol–water partition coefficient (Wildman–Crippen LogP) is 3.93. The Morgan fingerprint density at radius 3 is 1.75 bits per heavy atom. The van der Waals surface area contributed by atoms with Crippen molar-refractivity contribution in [2.45, 2.75) is 89.1 Å². The molecular weight excluding hydrogens is 1080 g/mol. The van der Waals surface area contributed by atoms with Gasteiger partial charge in [0.15, 0.2) is 12.4 Å². The van der Waals surface area contributed by atoms with Crippen LogP contribution >= 0.6 is 0 Å². The van der Waals surface area contributed by atoms with Crippen LogP contribution < -0.4 is 20.1 Å². The number of hydrogen-bond acceptors (Lipinski definition) is 18. The number of rotatable bonds is 24. The van der Waals surface area contributed by atoms with Gasteiger partial charge in [0.25, 0.3) is 5.91 Å². The molecule has 6 aromatic rings. The topological polar surface area (TPSA) is 234 Å². The highest BCUT2D eigenvalue weighted by Gasteiger charge is 2.23. The molecule has 85 heavy (non-hydrogen) atoms. The second kappa shape index (κ2) is 33.2. The van der Waals surface area contributed by atoms with Gasteiger partial charge in [0.2, 0.25) is 5.91 Å². The molecular formula is C65H83N9O11. The summed E-state index contributed by atoms with van der Waals surface area (Å²) in [6.07, 6.45) is 9.53. The summed E-state index contributed by atoms with van der Waals surface area (Å²) in [4.78, 5) is 57.6. The van der Waals surface area contributed by atoms with Crippen molar-refractivity contribution in [3.8, 4) is 11.5 Å². The van der Waals surface area contributed by atoms with Gasteiger partial charge in [-0.2, -0.15) is 0 Å². The van der Waals surface area contributed by atoms with E-state index < -0.39 is 18.3 Å². The van der Waals surface area contributed by atoms with Gasteiger partial charge in [-0.15, -0.1) is 0 Å². The van der Waals surface area contributed by atoms with E-state index in [1.54, 1.807) is 18.5 Å². The lowest BCUT2D eigenvalue weighted by Gasteiger charge is -2.30. The van der Waals surface area contributed by atoms with Gasteiger partial charge in [-0.3, -0.25) is 39.0 Å². The molecule has 0 aliphatic carbocycles. The first-order valence-electron chi connectivity index (χ1n) is 29.9. The van der Waals surface area contributed by atoms with Crippen molar-refractivity contribution < 1.29 is 53.4 Å². The van der Waals surface area contributed by atoms with E-state index in [9.17, 15) is 29.7 Å². The number of nitrogens with zero attached hydrogens (tertiary/aromatic N) is 7. The van der Waals surface area contributed by atoms with Crippen molar-refractivity contribution in [1.82, 2.24) is 45.2 Å². The fourth-order valence-electron chi connectivity index (χ4n) is 11.1. The molecule has 0 spiro atoms. The third kappa shape index (κ3) is 20.7. The van der Waals surface area contributed by atoms with Crippen LogP contribution in [0.15, 0.2) is 122 Å². The van der Waals surface area contributed by atoms with Crippen LogP contribution in [0, 0.1) is 0 Å². The average Bonchev–Trinajstić information content (AvgIpc) is 4.23. The summed E-state index contributed by atoms with van der Waals surface area (Å²) in [5.41, 5.74) is 9.87. The Morgan fingerprint density at radius 2 is 1.16 bits per heavy atom. The Bertz CT molecular complexity index is 3050. The van der Waals surface area contributed by atoms with Gasteiger partial charge in [-0.1, -0.05) is 84.9 Å². The van der Waals surface area contributed by atoms with Crippen LogP contribution in [0.1, 0.15) is 58.2 Å². The fourth-order valence-corrected chi connectivity index (χ4v) is 11.1. The van der Waals surface area contributed by atoms with Crippen LogP contribution in [0.3, 0.4) is 0 Å². The smallest absolute Gasteiger partial charge is 0.258 e. The van der Waals surface area contributed by atoms with Gasteiger partial charge in [0.05, 0.1) is 50.4 Å². The van der Waals surface area contributed by atoms with Gasteiger partial charge < -0.3 is 49.6 Å². The van der Waals surface area contributed by atoms with Crippen molar-refractivity contribution in [3.63, 3.8) is 0 Å². The Labute approximate surface area is 498 Å². The highest BCUT2D eigenvalue weighted by molar-refractivity contribution is 5.84. The molecule has 20 nitrogen and oxygen atoms in total. The fraction of sp³-hybridized carbons (Fsp3) is 0.477. The van der Waals surface area contributed by atoms with Crippen molar-refractivity contribution >= 4 is 28.5 Å². The van der Waals surface area contributed by atoms with Gasteiger partial charge in [0.1, 0.15) is 36.6 Å². The number of ether oxygens (including phenoxy) is 5. The lowest BCUT2D eigenvalue weighted by molar-refractivity contribution is -0.128. The Morgan fingerprint density at radius 1 is 0.588 bits per heavy atom. The largest absolute Gasteiger partial charge is 0.484 e. The number of pyridine rings is 1. The molecule has 2 fully saturated rings. The number of nitrogens with one attached hydrogen (secondary N) is 2. The molecule has 5 aliphatic heterocycles. The van der Waals surface area contributed by atoms with Crippen molar-refractivity contribution in [1.29, 1.82) is 0 Å². The van der Waals surface area contributed by atoms with Crippen LogP contribution in [0.5, 0.6) is 11.5 Å². The molecule has 20 heteroatoms. The van der Waals surface area contributed by atoms with E-state index in [1.165, 1.54) is 39.7 Å². The number of carbonyl (C=O) groups excluding carboxylic acids is 3. The zero-order chi connectivity index (χ0) is 59.0. The van der Waals surface area contributed by atoms with E-state index >= 15 is 0 Å². The molecule has 5 N–H and O–H groups in total. The first-order valence-corrected chi connectivity index (χ1v) is 29.9. The normalized spacial score (nSPS) is 18.2. The highest BCUT2D eigenvalue weighted by atomic mass is 16.5. The summed E-state index contributed by atoms with van der Waals surface area (Å²) in [7, 11) is 0. The van der Waals surface area contributed by atoms with Gasteiger partial charge >= 0.3 is 0 Å². The van der Waals surface area contributed by atoms with Crippen LogP contribution in [0.4, 0.5) is 0 Å². The van der Waals surface area contributed by atoms with Crippen LogP contribution in [-0.2, 0) is 74.0 Å². The lowest BCUT2D eigenvalue weighted by atomic mass is 9.99. The quantitative estimate of drug-likeness (QED) is 0.0578. The molecule has 11 rings (SSSR count). The van der Waals surface area contributed by atoms with Crippen LogP contribution in [-0.4, -0.2) is 204 Å². The molecule has 5 aliphatic rings. The summed E-state index contributed by atoms with van der Waals surface area (Å²) < 4.78 is 27.3. The predicted molar refractivity (Wildman–Crippen MR) is 321 cm³/mol. The standard InChI is InChI=1S/C25H33N3O4.C22H24N4O3.C18H26N2O4/c29-23(18-28-8-7-21-3-1-2-4-22(21)17-28)5-6-24(30)19-32-25-13-20(14-26-15-25)16-27-9-11-31-12-10-27;27-19(13-26-9-8-16-4-1-2-5-18(16)12-26)11-24-21(28)14-29-20-7-3-6-17-10-23-15-25-22(17)20;21-16(9-19-18(22)13-24-17-6-8-23-12-17)11-20-7-5-14-3-1-2-4-15(14)10-20/h1-4,13-15,23,29H,5-12,16-19H2;1-7,10,15,19,27H,8-9,11-14H2,(H,24,28);1-4,16-17,21H,5-13H2,(H,19,22). The number of carbonyl (C=O) groups is 3. The van der Waals surface area contributed by atoms with Crippen LogP contribution in [0.2, 0.25) is 0 Å². The Hall–Kier alpha value is -6.82. The minimum Gasteiger partial charge on any atom is -0.484 e. The van der Waals surface area contributed by atoms with E-state index in [2.05, 4.69) is 106 Å². The van der Waals surface area contributed by atoms with E-state index in [1.807, 2.05) is 36.5 Å². The van der Waals surface area contributed by atoms with E-state index in [0.29, 0.717) is 62.7 Å². The minimum atomic E-state index is -0.630. The maximum atomic E-state index is 12.3. The molecule has 454 valence electrons.